The van der Waals surface area contributed by atoms with E-state index in [-0.39, 0.29) is 0 Å². The Morgan fingerprint density at radius 2 is 1.88 bits per heavy atom. The molecule has 1 rings (SSSR count). The van der Waals surface area contributed by atoms with E-state index in [0.29, 0.717) is 17.0 Å². The molecule has 0 radical (unpaired) electrons. The van der Waals surface area contributed by atoms with E-state index in [1.165, 1.54) is 0 Å². The number of ketones is 2. The Balaban J connectivity index is 2.91. The number of aromatic nitrogens is 2. The standard InChI is InChI=1S/C11H14N2O4/c1-6-10(7(2)13(3)12-6)8(14)5-9(15)11(16)17-4/h5H2,1-4H3. The molecule has 0 spiro atoms. The van der Waals surface area contributed by atoms with Gasteiger partial charge < -0.3 is 4.74 Å². The number of hydrogen-bond acceptors (Lipinski definition) is 5. The van der Waals surface area contributed by atoms with Gasteiger partial charge in [-0.25, -0.2) is 4.79 Å². The van der Waals surface area contributed by atoms with Crippen molar-refractivity contribution in [2.45, 2.75) is 20.3 Å². The third kappa shape index (κ3) is 2.58. The average Bonchev–Trinajstić information content (AvgIpc) is 2.51. The van der Waals surface area contributed by atoms with Crippen LogP contribution < -0.4 is 0 Å². The number of rotatable bonds is 4. The summed E-state index contributed by atoms with van der Waals surface area (Å²) in [7, 11) is 2.81. The third-order valence-corrected chi connectivity index (χ3v) is 2.52. The second-order valence-corrected chi connectivity index (χ2v) is 3.68. The van der Waals surface area contributed by atoms with Crippen molar-refractivity contribution in [1.29, 1.82) is 0 Å². The molecule has 92 valence electrons. The van der Waals surface area contributed by atoms with Crippen molar-refractivity contribution in [1.82, 2.24) is 9.78 Å². The summed E-state index contributed by atoms with van der Waals surface area (Å²) in [6, 6.07) is 0. The molecule has 1 heterocycles. The predicted molar refractivity (Wildman–Crippen MR) is 58.7 cm³/mol. The molecule has 0 aliphatic rings. The van der Waals surface area contributed by atoms with Crippen molar-refractivity contribution in [2.24, 2.45) is 7.05 Å². The van der Waals surface area contributed by atoms with Gasteiger partial charge in [-0.3, -0.25) is 14.3 Å². The summed E-state index contributed by atoms with van der Waals surface area (Å²) in [5.41, 5.74) is 1.61. The Hall–Kier alpha value is -1.98. The van der Waals surface area contributed by atoms with E-state index in [0.717, 1.165) is 7.11 Å². The molecule has 1 aromatic heterocycles. The van der Waals surface area contributed by atoms with Crippen molar-refractivity contribution < 1.29 is 19.1 Å². The molecular formula is C11H14N2O4. The van der Waals surface area contributed by atoms with Gasteiger partial charge in [-0.15, -0.1) is 0 Å². The molecule has 0 atom stereocenters. The van der Waals surface area contributed by atoms with E-state index in [1.54, 1.807) is 25.6 Å². The van der Waals surface area contributed by atoms with Gasteiger partial charge in [-0.05, 0) is 13.8 Å². The van der Waals surface area contributed by atoms with Crippen LogP contribution in [-0.2, 0) is 21.4 Å². The summed E-state index contributed by atoms with van der Waals surface area (Å²) in [4.78, 5) is 34.0. The van der Waals surface area contributed by atoms with Gasteiger partial charge in [-0.1, -0.05) is 0 Å². The molecule has 0 aliphatic heterocycles. The molecule has 0 aromatic carbocycles. The maximum Gasteiger partial charge on any atom is 0.374 e. The zero-order valence-corrected chi connectivity index (χ0v) is 10.2. The minimum absolute atomic E-state index is 0.393. The first kappa shape index (κ1) is 13.1. The van der Waals surface area contributed by atoms with Gasteiger partial charge in [0.1, 0.15) is 0 Å². The van der Waals surface area contributed by atoms with Crippen LogP contribution in [0, 0.1) is 13.8 Å². The molecule has 0 amide bonds. The van der Waals surface area contributed by atoms with Crippen molar-refractivity contribution in [3.05, 3.63) is 17.0 Å². The van der Waals surface area contributed by atoms with E-state index < -0.39 is 24.0 Å². The molecule has 0 N–H and O–H groups in total. The normalized spacial score (nSPS) is 10.1. The highest BCUT2D eigenvalue weighted by atomic mass is 16.5. The number of esters is 1. The number of hydrogen-bond donors (Lipinski definition) is 0. The van der Waals surface area contributed by atoms with Gasteiger partial charge in [0.15, 0.2) is 5.78 Å². The molecule has 0 fully saturated rings. The topological polar surface area (TPSA) is 78.3 Å². The molecule has 0 saturated carbocycles. The van der Waals surface area contributed by atoms with Crippen molar-refractivity contribution in [2.75, 3.05) is 7.11 Å². The van der Waals surface area contributed by atoms with Crippen LogP contribution in [0.25, 0.3) is 0 Å². The van der Waals surface area contributed by atoms with Gasteiger partial charge in [0, 0.05) is 12.7 Å². The zero-order chi connectivity index (χ0) is 13.2. The Labute approximate surface area is 98.6 Å². The van der Waals surface area contributed by atoms with Crippen LogP contribution in [0.2, 0.25) is 0 Å². The maximum absolute atomic E-state index is 11.8. The molecule has 0 aliphatic carbocycles. The van der Waals surface area contributed by atoms with Gasteiger partial charge in [0.25, 0.3) is 0 Å². The number of Topliss-reactive ketones (excluding diaryl/α,β-unsaturated/α-hetero) is 2. The maximum atomic E-state index is 11.8. The summed E-state index contributed by atoms with van der Waals surface area (Å²) in [6.45, 7) is 3.42. The molecular weight excluding hydrogens is 224 g/mol. The van der Waals surface area contributed by atoms with Gasteiger partial charge in [-0.2, -0.15) is 5.10 Å². The van der Waals surface area contributed by atoms with Gasteiger partial charge in [0.05, 0.1) is 24.8 Å². The first-order chi connectivity index (χ1) is 7.88. The van der Waals surface area contributed by atoms with Crippen LogP contribution in [-0.4, -0.2) is 34.4 Å². The highest BCUT2D eigenvalue weighted by molar-refractivity contribution is 6.38. The quantitative estimate of drug-likeness (QED) is 0.327. The smallest absolute Gasteiger partial charge is 0.374 e. The molecule has 0 saturated heterocycles. The monoisotopic (exact) mass is 238 g/mol. The summed E-state index contributed by atoms with van der Waals surface area (Å²) >= 11 is 0. The number of nitrogens with zero attached hydrogens (tertiary/aromatic N) is 2. The Bertz CT molecular complexity index is 488. The molecule has 17 heavy (non-hydrogen) atoms. The number of carbonyl (C=O) groups excluding carboxylic acids is 3. The number of carbonyl (C=O) groups is 3. The fourth-order valence-electron chi connectivity index (χ4n) is 1.60. The second-order valence-electron chi connectivity index (χ2n) is 3.68. The molecule has 6 nitrogen and oxygen atoms in total. The van der Waals surface area contributed by atoms with Crippen molar-refractivity contribution in [3.63, 3.8) is 0 Å². The second kappa shape index (κ2) is 4.90. The van der Waals surface area contributed by atoms with E-state index in [9.17, 15) is 14.4 Å². The third-order valence-electron chi connectivity index (χ3n) is 2.52. The Kier molecular flexibility index (Phi) is 3.77. The van der Waals surface area contributed by atoms with Crippen molar-refractivity contribution >= 4 is 17.5 Å². The number of methoxy groups -OCH3 is 1. The molecule has 0 unspecified atom stereocenters. The summed E-state index contributed by atoms with van der Waals surface area (Å²) < 4.78 is 5.81. The minimum Gasteiger partial charge on any atom is -0.463 e. The lowest BCUT2D eigenvalue weighted by molar-refractivity contribution is -0.151. The lowest BCUT2D eigenvalue weighted by Crippen LogP contribution is -2.19. The van der Waals surface area contributed by atoms with Crippen LogP contribution in [0.15, 0.2) is 0 Å². The Morgan fingerprint density at radius 1 is 1.29 bits per heavy atom. The highest BCUT2D eigenvalue weighted by Gasteiger charge is 2.23. The SMILES string of the molecule is COC(=O)C(=O)CC(=O)c1c(C)nn(C)c1C. The van der Waals surface area contributed by atoms with E-state index in [1.807, 2.05) is 0 Å². The lowest BCUT2D eigenvalue weighted by Gasteiger charge is -2.00. The summed E-state index contributed by atoms with van der Waals surface area (Å²) in [5, 5.41) is 4.07. The Morgan fingerprint density at radius 3 is 2.29 bits per heavy atom. The summed E-state index contributed by atoms with van der Waals surface area (Å²) in [5.74, 6) is -2.26. The van der Waals surface area contributed by atoms with Crippen LogP contribution in [0.4, 0.5) is 0 Å². The van der Waals surface area contributed by atoms with E-state index in [4.69, 9.17) is 0 Å². The lowest BCUT2D eigenvalue weighted by atomic mass is 10.0. The number of ether oxygens (including phenoxy) is 1. The predicted octanol–water partition coefficient (Wildman–Crippen LogP) is 0.352. The van der Waals surface area contributed by atoms with Gasteiger partial charge in [0.2, 0.25) is 5.78 Å². The highest BCUT2D eigenvalue weighted by Crippen LogP contribution is 2.14. The minimum atomic E-state index is -1.00. The first-order valence-electron chi connectivity index (χ1n) is 5.03. The van der Waals surface area contributed by atoms with Crippen LogP contribution >= 0.6 is 0 Å². The van der Waals surface area contributed by atoms with Crippen LogP contribution in [0.3, 0.4) is 0 Å². The van der Waals surface area contributed by atoms with Crippen LogP contribution in [0.5, 0.6) is 0 Å². The zero-order valence-electron chi connectivity index (χ0n) is 10.2. The molecule has 0 bridgehead atoms. The van der Waals surface area contributed by atoms with E-state index in [2.05, 4.69) is 9.84 Å². The summed E-state index contributed by atoms with van der Waals surface area (Å²) in [6.07, 6.45) is -0.486. The number of aryl methyl sites for hydroxylation is 2. The first-order valence-corrected chi connectivity index (χ1v) is 5.03. The molecule has 6 heteroatoms. The van der Waals surface area contributed by atoms with Crippen molar-refractivity contribution in [3.8, 4) is 0 Å². The largest absolute Gasteiger partial charge is 0.463 e. The van der Waals surface area contributed by atoms with Crippen LogP contribution in [0.1, 0.15) is 28.2 Å². The molecule has 1 aromatic rings. The average molecular weight is 238 g/mol. The van der Waals surface area contributed by atoms with E-state index >= 15 is 0 Å². The van der Waals surface area contributed by atoms with Gasteiger partial charge >= 0.3 is 5.97 Å². The fourth-order valence-corrected chi connectivity index (χ4v) is 1.60. The fraction of sp³-hybridized carbons (Fsp3) is 0.455.